The van der Waals surface area contributed by atoms with Gasteiger partial charge in [0.2, 0.25) is 5.91 Å². The van der Waals surface area contributed by atoms with Crippen molar-refractivity contribution in [3.05, 3.63) is 36.7 Å². The van der Waals surface area contributed by atoms with Gasteiger partial charge in [0.15, 0.2) is 0 Å². The molecule has 1 aliphatic rings. The van der Waals surface area contributed by atoms with Crippen LogP contribution >= 0.6 is 0 Å². The number of amides is 1. The minimum Gasteiger partial charge on any atom is -0.490 e. The third-order valence-corrected chi connectivity index (χ3v) is 3.63. The maximum atomic E-state index is 12.3. The molecule has 1 saturated heterocycles. The van der Waals surface area contributed by atoms with Gasteiger partial charge in [-0.1, -0.05) is 0 Å². The van der Waals surface area contributed by atoms with Crippen LogP contribution in [0.3, 0.4) is 0 Å². The van der Waals surface area contributed by atoms with E-state index in [9.17, 15) is 9.59 Å². The Morgan fingerprint density at radius 1 is 1.39 bits per heavy atom. The van der Waals surface area contributed by atoms with Crippen molar-refractivity contribution in [2.45, 2.75) is 18.6 Å². The van der Waals surface area contributed by atoms with E-state index in [0.717, 1.165) is 6.08 Å². The molecule has 1 aliphatic heterocycles. The highest BCUT2D eigenvalue weighted by Crippen LogP contribution is 2.21. The first-order chi connectivity index (χ1) is 11.1. The fourth-order valence-electron chi connectivity index (χ4n) is 2.40. The maximum Gasteiger partial charge on any atom is 0.330 e. The quantitative estimate of drug-likeness (QED) is 0.570. The van der Waals surface area contributed by atoms with E-state index in [4.69, 9.17) is 9.47 Å². The van der Waals surface area contributed by atoms with Gasteiger partial charge in [-0.05, 0) is 18.6 Å². The van der Waals surface area contributed by atoms with E-state index in [1.165, 1.54) is 13.2 Å². The minimum absolute atomic E-state index is 0.0482. The SMILES string of the molecule is COC(=O)/C=C/C(=O)N1C[C@H](OC)C[C@@H]1COc1cccnc1. The Hall–Kier alpha value is -2.41. The number of esters is 1. The molecule has 0 N–H and O–H groups in total. The molecule has 0 saturated carbocycles. The largest absolute Gasteiger partial charge is 0.490 e. The Kier molecular flexibility index (Phi) is 6.10. The van der Waals surface area contributed by atoms with E-state index in [1.54, 1.807) is 36.5 Å². The van der Waals surface area contributed by atoms with Crippen LogP contribution in [0.25, 0.3) is 0 Å². The van der Waals surface area contributed by atoms with Gasteiger partial charge in [-0.2, -0.15) is 0 Å². The second-order valence-corrected chi connectivity index (χ2v) is 5.09. The van der Waals surface area contributed by atoms with Crippen LogP contribution < -0.4 is 4.74 Å². The number of carbonyl (C=O) groups is 2. The molecular formula is C16H20N2O5. The summed E-state index contributed by atoms with van der Waals surface area (Å²) in [5.41, 5.74) is 0. The molecule has 0 unspecified atom stereocenters. The van der Waals surface area contributed by atoms with Gasteiger partial charge in [-0.25, -0.2) is 4.79 Å². The van der Waals surface area contributed by atoms with Gasteiger partial charge in [-0.15, -0.1) is 0 Å². The zero-order valence-electron chi connectivity index (χ0n) is 13.2. The van der Waals surface area contributed by atoms with Gasteiger partial charge in [0.25, 0.3) is 0 Å². The second kappa shape index (κ2) is 8.28. The number of hydrogen-bond acceptors (Lipinski definition) is 6. The smallest absolute Gasteiger partial charge is 0.330 e. The first-order valence-electron chi connectivity index (χ1n) is 7.26. The summed E-state index contributed by atoms with van der Waals surface area (Å²) in [5.74, 6) is -0.190. The van der Waals surface area contributed by atoms with Crippen molar-refractivity contribution in [3.8, 4) is 5.75 Å². The molecule has 0 aromatic carbocycles. The van der Waals surface area contributed by atoms with Gasteiger partial charge in [0, 0.05) is 32.0 Å². The number of methoxy groups -OCH3 is 2. The predicted octanol–water partition coefficient (Wildman–Crippen LogP) is 0.805. The number of aromatic nitrogens is 1. The Labute approximate surface area is 134 Å². The molecule has 0 aliphatic carbocycles. The van der Waals surface area contributed by atoms with Gasteiger partial charge in [0.1, 0.15) is 12.4 Å². The number of likely N-dealkylation sites (tertiary alicyclic amines) is 1. The molecule has 124 valence electrons. The average Bonchev–Trinajstić information content (AvgIpc) is 3.02. The molecule has 2 heterocycles. The Bertz CT molecular complexity index is 561. The van der Waals surface area contributed by atoms with Crippen molar-refractivity contribution in [3.63, 3.8) is 0 Å². The molecule has 7 nitrogen and oxygen atoms in total. The molecule has 0 radical (unpaired) electrons. The van der Waals surface area contributed by atoms with Crippen LogP contribution in [0.1, 0.15) is 6.42 Å². The number of hydrogen-bond donors (Lipinski definition) is 0. The summed E-state index contributed by atoms with van der Waals surface area (Å²) < 4.78 is 15.5. The standard InChI is InChI=1S/C16H20N2O5/c1-21-14-8-12(11-23-13-4-3-7-17-9-13)18(10-14)15(19)5-6-16(20)22-2/h3-7,9,12,14H,8,10-11H2,1-2H3/b6-5+/t12-,14-/m1/s1. The molecule has 2 atom stereocenters. The highest BCUT2D eigenvalue weighted by atomic mass is 16.5. The predicted molar refractivity (Wildman–Crippen MR) is 81.8 cm³/mol. The summed E-state index contributed by atoms with van der Waals surface area (Å²) in [7, 11) is 2.88. The molecule has 23 heavy (non-hydrogen) atoms. The summed E-state index contributed by atoms with van der Waals surface area (Å²) in [6.45, 7) is 0.797. The highest BCUT2D eigenvalue weighted by molar-refractivity contribution is 5.94. The molecule has 1 amide bonds. The molecule has 0 bridgehead atoms. The topological polar surface area (TPSA) is 78.0 Å². The first-order valence-corrected chi connectivity index (χ1v) is 7.26. The molecule has 0 spiro atoms. The van der Waals surface area contributed by atoms with E-state index in [1.807, 2.05) is 0 Å². The van der Waals surface area contributed by atoms with Crippen molar-refractivity contribution in [1.29, 1.82) is 0 Å². The van der Waals surface area contributed by atoms with Crippen molar-refractivity contribution in [1.82, 2.24) is 9.88 Å². The molecule has 1 aromatic rings. The van der Waals surface area contributed by atoms with Gasteiger partial charge in [0.05, 0.1) is 25.5 Å². The number of rotatable bonds is 6. The molecule has 1 fully saturated rings. The normalized spacial score (nSPS) is 20.7. The van der Waals surface area contributed by atoms with Crippen LogP contribution in [-0.2, 0) is 19.1 Å². The van der Waals surface area contributed by atoms with Crippen LogP contribution in [0, 0.1) is 0 Å². The second-order valence-electron chi connectivity index (χ2n) is 5.09. The van der Waals surface area contributed by atoms with Crippen molar-refractivity contribution in [2.75, 3.05) is 27.4 Å². The molecule has 7 heteroatoms. The van der Waals surface area contributed by atoms with Crippen LogP contribution in [-0.4, -0.2) is 61.3 Å². The third kappa shape index (κ3) is 4.79. The monoisotopic (exact) mass is 320 g/mol. The lowest BCUT2D eigenvalue weighted by Gasteiger charge is -2.23. The summed E-state index contributed by atoms with van der Waals surface area (Å²) in [6, 6.07) is 3.46. The van der Waals surface area contributed by atoms with E-state index in [-0.39, 0.29) is 18.1 Å². The molecule has 2 rings (SSSR count). The number of pyridine rings is 1. The van der Waals surface area contributed by atoms with Crippen molar-refractivity contribution in [2.24, 2.45) is 0 Å². The van der Waals surface area contributed by atoms with Crippen LogP contribution in [0.5, 0.6) is 5.75 Å². The lowest BCUT2D eigenvalue weighted by Crippen LogP contribution is -2.38. The summed E-state index contributed by atoms with van der Waals surface area (Å²) in [5, 5.41) is 0. The number of ether oxygens (including phenoxy) is 3. The Morgan fingerprint density at radius 3 is 2.87 bits per heavy atom. The van der Waals surface area contributed by atoms with E-state index in [0.29, 0.717) is 25.3 Å². The van der Waals surface area contributed by atoms with E-state index >= 15 is 0 Å². The fourth-order valence-corrected chi connectivity index (χ4v) is 2.40. The Balaban J connectivity index is 1.98. The number of carbonyl (C=O) groups excluding carboxylic acids is 2. The maximum absolute atomic E-state index is 12.3. The van der Waals surface area contributed by atoms with E-state index < -0.39 is 5.97 Å². The fraction of sp³-hybridized carbons (Fsp3) is 0.438. The number of nitrogens with zero attached hydrogens (tertiary/aromatic N) is 2. The Morgan fingerprint density at radius 2 is 2.22 bits per heavy atom. The molecule has 1 aromatic heterocycles. The van der Waals surface area contributed by atoms with Crippen LogP contribution in [0.2, 0.25) is 0 Å². The first kappa shape index (κ1) is 17.0. The van der Waals surface area contributed by atoms with Gasteiger partial charge in [-0.3, -0.25) is 9.78 Å². The lowest BCUT2D eigenvalue weighted by molar-refractivity contribution is -0.135. The average molecular weight is 320 g/mol. The van der Waals surface area contributed by atoms with E-state index in [2.05, 4.69) is 9.72 Å². The zero-order valence-corrected chi connectivity index (χ0v) is 13.2. The minimum atomic E-state index is -0.566. The zero-order chi connectivity index (χ0) is 16.7. The van der Waals surface area contributed by atoms with Crippen LogP contribution in [0.15, 0.2) is 36.7 Å². The molecular weight excluding hydrogens is 300 g/mol. The van der Waals surface area contributed by atoms with Crippen molar-refractivity contribution >= 4 is 11.9 Å². The summed E-state index contributed by atoms with van der Waals surface area (Å²) in [4.78, 5) is 29.0. The third-order valence-electron chi connectivity index (χ3n) is 3.63. The van der Waals surface area contributed by atoms with Crippen LogP contribution in [0.4, 0.5) is 0 Å². The van der Waals surface area contributed by atoms with Gasteiger partial charge < -0.3 is 19.1 Å². The summed E-state index contributed by atoms with van der Waals surface area (Å²) >= 11 is 0. The lowest BCUT2D eigenvalue weighted by atomic mass is 10.2. The summed E-state index contributed by atoms with van der Waals surface area (Å²) in [6.07, 6.45) is 6.23. The van der Waals surface area contributed by atoms with Crippen molar-refractivity contribution < 1.29 is 23.8 Å². The highest BCUT2D eigenvalue weighted by Gasteiger charge is 2.35. The van der Waals surface area contributed by atoms with Gasteiger partial charge >= 0.3 is 5.97 Å².